The number of ether oxygens (including phenoxy) is 4. The van der Waals surface area contributed by atoms with Gasteiger partial charge in [0.2, 0.25) is 0 Å². The number of carbonyl (C=O) groups excluding carboxylic acids is 4. The standard InChI is InChI=1S/C80H156O17P2/c1-7-9-11-13-15-17-18-19-20-21-22-23-24-25-28-35-40-46-52-58-64-79(84)97-76(69-91-78(83)63-57-51-45-39-34-29-26-27-32-37-42-48-54-60-72(3)4)71-95-99(88,89)93-67-74(81)66-92-98(86,87)94-70-75(68-90-77(82)62-56-50-44-16-14-12-10-8-2)96-80(85)65-59-53-47-41-36-31-30-33-38-43-49-55-61-73(5)6/h72-76,81H,7-71H2,1-6H3,(H,86,87)(H,88,89)/t74-,75+,76+/m0/s1. The lowest BCUT2D eigenvalue weighted by molar-refractivity contribution is -0.161. The SMILES string of the molecule is CCCCCCCCCCCCCCCCCCCCCCC(=O)O[C@H](COC(=O)CCCCCCCCCCCCCCCC(C)C)COP(=O)(O)OC[C@@H](O)COP(=O)(O)OC[C@@H](COC(=O)CCCCCCCCCC)OC(=O)CCCCCCCCCCCCCCC(C)C. The van der Waals surface area contributed by atoms with Crippen LogP contribution in [0.5, 0.6) is 0 Å². The van der Waals surface area contributed by atoms with Gasteiger partial charge in [0.1, 0.15) is 19.3 Å². The molecule has 0 heterocycles. The van der Waals surface area contributed by atoms with Crippen molar-refractivity contribution < 1.29 is 80.2 Å². The van der Waals surface area contributed by atoms with Crippen molar-refractivity contribution in [1.82, 2.24) is 0 Å². The van der Waals surface area contributed by atoms with Crippen LogP contribution in [-0.4, -0.2) is 96.7 Å². The van der Waals surface area contributed by atoms with Crippen molar-refractivity contribution in [2.24, 2.45) is 11.8 Å². The van der Waals surface area contributed by atoms with Gasteiger partial charge in [-0.1, -0.05) is 369 Å². The molecular formula is C80H156O17P2. The predicted octanol–water partition coefficient (Wildman–Crippen LogP) is 23.9. The molecule has 0 aliphatic carbocycles. The zero-order valence-corrected chi connectivity index (χ0v) is 66.6. The summed E-state index contributed by atoms with van der Waals surface area (Å²) in [5.74, 6) is -0.544. The Bertz CT molecular complexity index is 1910. The van der Waals surface area contributed by atoms with Crippen molar-refractivity contribution in [3.05, 3.63) is 0 Å². The predicted molar refractivity (Wildman–Crippen MR) is 405 cm³/mol. The summed E-state index contributed by atoms with van der Waals surface area (Å²) in [4.78, 5) is 72.9. The zero-order chi connectivity index (χ0) is 72.8. The summed E-state index contributed by atoms with van der Waals surface area (Å²) in [7, 11) is -9.91. The smallest absolute Gasteiger partial charge is 0.462 e. The van der Waals surface area contributed by atoms with E-state index in [1.54, 1.807) is 0 Å². The zero-order valence-electron chi connectivity index (χ0n) is 64.8. The molecule has 99 heavy (non-hydrogen) atoms. The largest absolute Gasteiger partial charge is 0.472 e. The second kappa shape index (κ2) is 71.7. The van der Waals surface area contributed by atoms with Crippen LogP contribution in [0.2, 0.25) is 0 Å². The van der Waals surface area contributed by atoms with E-state index in [1.807, 2.05) is 0 Å². The summed E-state index contributed by atoms with van der Waals surface area (Å²) < 4.78 is 68.6. The summed E-state index contributed by atoms with van der Waals surface area (Å²) >= 11 is 0. The van der Waals surface area contributed by atoms with Gasteiger partial charge >= 0.3 is 39.5 Å². The number of phosphoric acid groups is 2. The molecule has 0 aromatic heterocycles. The highest BCUT2D eigenvalue weighted by Gasteiger charge is 2.30. The van der Waals surface area contributed by atoms with Crippen molar-refractivity contribution in [2.45, 2.75) is 439 Å². The molecule has 5 atom stereocenters. The first kappa shape index (κ1) is 97.1. The summed E-state index contributed by atoms with van der Waals surface area (Å²) in [6, 6.07) is 0. The van der Waals surface area contributed by atoms with Gasteiger partial charge in [-0.3, -0.25) is 37.3 Å². The molecule has 0 saturated heterocycles. The molecule has 0 fully saturated rings. The molecule has 0 aromatic carbocycles. The van der Waals surface area contributed by atoms with E-state index < -0.39 is 97.5 Å². The molecule has 0 aliphatic heterocycles. The van der Waals surface area contributed by atoms with Crippen LogP contribution in [0.25, 0.3) is 0 Å². The molecule has 0 aromatic rings. The average molecular weight is 1450 g/mol. The van der Waals surface area contributed by atoms with E-state index in [0.717, 1.165) is 108 Å². The van der Waals surface area contributed by atoms with Gasteiger partial charge in [-0.2, -0.15) is 0 Å². The van der Waals surface area contributed by atoms with Crippen LogP contribution < -0.4 is 0 Å². The maximum atomic E-state index is 13.1. The van der Waals surface area contributed by atoms with Gasteiger partial charge in [0.15, 0.2) is 12.2 Å². The van der Waals surface area contributed by atoms with Gasteiger partial charge in [-0.15, -0.1) is 0 Å². The average Bonchev–Trinajstić information content (AvgIpc) is 1.00. The third-order valence-corrected chi connectivity index (χ3v) is 20.6. The first-order chi connectivity index (χ1) is 47.9. The lowest BCUT2D eigenvalue weighted by atomic mass is 10.0. The number of rotatable bonds is 79. The lowest BCUT2D eigenvalue weighted by Gasteiger charge is -2.21. The summed E-state index contributed by atoms with van der Waals surface area (Å²) in [5, 5.41) is 10.6. The quantitative estimate of drug-likeness (QED) is 0.0222. The summed E-state index contributed by atoms with van der Waals surface area (Å²) in [6.45, 7) is 9.63. The third-order valence-electron chi connectivity index (χ3n) is 18.7. The maximum absolute atomic E-state index is 13.1. The highest BCUT2D eigenvalue weighted by Crippen LogP contribution is 2.45. The number of hydrogen-bond donors (Lipinski definition) is 3. The first-order valence-corrected chi connectivity index (χ1v) is 44.5. The second-order valence-corrected chi connectivity index (χ2v) is 32.7. The minimum absolute atomic E-state index is 0.107. The van der Waals surface area contributed by atoms with Crippen molar-refractivity contribution in [1.29, 1.82) is 0 Å². The Morgan fingerprint density at radius 2 is 0.465 bits per heavy atom. The minimum atomic E-state index is -4.96. The molecule has 17 nitrogen and oxygen atoms in total. The van der Waals surface area contributed by atoms with E-state index in [4.69, 9.17) is 37.0 Å². The van der Waals surface area contributed by atoms with Crippen LogP contribution in [0.15, 0.2) is 0 Å². The number of aliphatic hydroxyl groups excluding tert-OH is 1. The van der Waals surface area contributed by atoms with Gasteiger partial charge in [0.25, 0.3) is 0 Å². The van der Waals surface area contributed by atoms with E-state index in [1.165, 1.54) is 231 Å². The normalized spacial score (nSPS) is 13.9. The van der Waals surface area contributed by atoms with Crippen molar-refractivity contribution in [3.8, 4) is 0 Å². The number of unbranched alkanes of at least 4 members (excludes halogenated alkanes) is 49. The van der Waals surface area contributed by atoms with Gasteiger partial charge in [-0.05, 0) is 37.5 Å². The number of phosphoric ester groups is 2. The molecule has 0 rings (SSSR count). The molecule has 0 spiro atoms. The molecule has 2 unspecified atom stereocenters. The van der Waals surface area contributed by atoms with E-state index in [0.29, 0.717) is 25.7 Å². The maximum Gasteiger partial charge on any atom is 0.472 e. The Balaban J connectivity index is 5.20. The van der Waals surface area contributed by atoms with Crippen molar-refractivity contribution in [2.75, 3.05) is 39.6 Å². The van der Waals surface area contributed by atoms with E-state index in [9.17, 15) is 43.2 Å². The molecule has 0 saturated carbocycles. The molecular weight excluding hydrogens is 1290 g/mol. The van der Waals surface area contributed by atoms with Gasteiger partial charge in [0.05, 0.1) is 26.4 Å². The van der Waals surface area contributed by atoms with E-state index >= 15 is 0 Å². The molecule has 588 valence electrons. The number of aliphatic hydroxyl groups is 1. The Labute approximate surface area is 607 Å². The summed E-state index contributed by atoms with van der Waals surface area (Å²) in [6.07, 6.45) is 61.1. The molecule has 0 amide bonds. The second-order valence-electron chi connectivity index (χ2n) is 29.8. The Kier molecular flexibility index (Phi) is 70.3. The van der Waals surface area contributed by atoms with Crippen LogP contribution >= 0.6 is 15.6 Å². The van der Waals surface area contributed by atoms with Crippen molar-refractivity contribution >= 4 is 39.5 Å². The number of carbonyl (C=O) groups is 4. The number of hydrogen-bond acceptors (Lipinski definition) is 15. The Morgan fingerprint density at radius 3 is 0.687 bits per heavy atom. The summed E-state index contributed by atoms with van der Waals surface area (Å²) in [5.41, 5.74) is 0. The topological polar surface area (TPSA) is 237 Å². The fraction of sp³-hybridized carbons (Fsp3) is 0.950. The van der Waals surface area contributed by atoms with E-state index in [-0.39, 0.29) is 25.7 Å². The van der Waals surface area contributed by atoms with Crippen LogP contribution in [0, 0.1) is 11.8 Å². The van der Waals surface area contributed by atoms with Crippen molar-refractivity contribution in [3.63, 3.8) is 0 Å². The monoisotopic (exact) mass is 1450 g/mol. The Hall–Kier alpha value is -1.94. The minimum Gasteiger partial charge on any atom is -0.462 e. The number of esters is 4. The van der Waals surface area contributed by atoms with Gasteiger partial charge in [-0.25, -0.2) is 9.13 Å². The van der Waals surface area contributed by atoms with Crippen LogP contribution in [0.4, 0.5) is 0 Å². The van der Waals surface area contributed by atoms with E-state index in [2.05, 4.69) is 41.5 Å². The molecule has 0 aliphatic rings. The fourth-order valence-electron chi connectivity index (χ4n) is 12.4. The molecule has 0 radical (unpaired) electrons. The first-order valence-electron chi connectivity index (χ1n) is 41.5. The van der Waals surface area contributed by atoms with Gasteiger partial charge in [0, 0.05) is 25.7 Å². The van der Waals surface area contributed by atoms with Crippen LogP contribution in [-0.2, 0) is 65.4 Å². The molecule has 0 bridgehead atoms. The van der Waals surface area contributed by atoms with Crippen LogP contribution in [0.1, 0.15) is 420 Å². The fourth-order valence-corrected chi connectivity index (χ4v) is 13.9. The van der Waals surface area contributed by atoms with Gasteiger partial charge < -0.3 is 33.8 Å². The van der Waals surface area contributed by atoms with Crippen LogP contribution in [0.3, 0.4) is 0 Å². The Morgan fingerprint density at radius 1 is 0.273 bits per heavy atom. The third kappa shape index (κ3) is 74.1. The molecule has 3 N–H and O–H groups in total. The molecule has 19 heteroatoms. The highest BCUT2D eigenvalue weighted by molar-refractivity contribution is 7.47. The lowest BCUT2D eigenvalue weighted by Crippen LogP contribution is -2.30. The highest BCUT2D eigenvalue weighted by atomic mass is 31.2.